The summed E-state index contributed by atoms with van der Waals surface area (Å²) in [6, 6.07) is 7.61. The molecule has 25 heavy (non-hydrogen) atoms. The average molecular weight is 357 g/mol. The monoisotopic (exact) mass is 357 g/mol. The molecule has 0 unspecified atom stereocenters. The van der Waals surface area contributed by atoms with Gasteiger partial charge in [-0.1, -0.05) is 37.7 Å². The first kappa shape index (κ1) is 17.2. The maximum atomic E-state index is 11.2. The minimum absolute atomic E-state index is 0.127. The van der Waals surface area contributed by atoms with Gasteiger partial charge in [-0.3, -0.25) is 4.79 Å². The van der Waals surface area contributed by atoms with E-state index in [-0.39, 0.29) is 11.7 Å². The molecule has 7 nitrogen and oxygen atoms in total. The van der Waals surface area contributed by atoms with Gasteiger partial charge in [-0.25, -0.2) is 4.68 Å². The number of hydrogen-bond donors (Lipinski definition) is 1. The fourth-order valence-corrected chi connectivity index (χ4v) is 3.30. The van der Waals surface area contributed by atoms with Crippen molar-refractivity contribution in [2.24, 2.45) is 5.73 Å². The van der Waals surface area contributed by atoms with Crippen molar-refractivity contribution in [2.45, 2.75) is 24.8 Å². The van der Waals surface area contributed by atoms with Crippen molar-refractivity contribution in [3.63, 3.8) is 0 Å². The molecule has 0 atom stereocenters. The van der Waals surface area contributed by atoms with E-state index < -0.39 is 5.91 Å². The fourth-order valence-electron chi connectivity index (χ4n) is 2.59. The first-order valence-electron chi connectivity index (χ1n) is 7.81. The number of primary amides is 1. The number of benzene rings is 1. The van der Waals surface area contributed by atoms with E-state index in [2.05, 4.69) is 29.1 Å². The van der Waals surface area contributed by atoms with Gasteiger partial charge >= 0.3 is 0 Å². The molecular formula is C17H19N5O2S. The standard InChI is InChI=1S/C17H19N5O2S/c1-10(2)15-11-8-19-22(12-6-4-5-7-13(12)24-3)16(11)17(21-20-15)25-9-14(18)23/h4-8,10H,9H2,1-3H3,(H2,18,23). The molecule has 0 radical (unpaired) electrons. The second kappa shape index (κ2) is 7.10. The predicted octanol–water partition coefficient (Wildman–Crippen LogP) is 2.52. The number of ether oxygens (including phenoxy) is 1. The van der Waals surface area contributed by atoms with Crippen LogP contribution in [0.25, 0.3) is 16.6 Å². The summed E-state index contributed by atoms with van der Waals surface area (Å²) in [4.78, 5) is 11.2. The van der Waals surface area contributed by atoms with Crippen LogP contribution in [0.3, 0.4) is 0 Å². The molecule has 1 amide bonds. The Morgan fingerprint density at radius 3 is 2.76 bits per heavy atom. The van der Waals surface area contributed by atoms with Crippen molar-refractivity contribution < 1.29 is 9.53 Å². The number of para-hydroxylation sites is 2. The van der Waals surface area contributed by atoms with Crippen LogP contribution in [0.2, 0.25) is 0 Å². The summed E-state index contributed by atoms with van der Waals surface area (Å²) in [5.41, 5.74) is 7.74. The Morgan fingerprint density at radius 1 is 1.32 bits per heavy atom. The van der Waals surface area contributed by atoms with Gasteiger partial charge in [0.1, 0.15) is 22.0 Å². The highest BCUT2D eigenvalue weighted by molar-refractivity contribution is 8.00. The highest BCUT2D eigenvalue weighted by Gasteiger charge is 2.20. The van der Waals surface area contributed by atoms with Crippen LogP contribution in [0, 0.1) is 0 Å². The van der Waals surface area contributed by atoms with Crippen LogP contribution in [-0.4, -0.2) is 38.7 Å². The largest absolute Gasteiger partial charge is 0.494 e. The zero-order valence-electron chi connectivity index (χ0n) is 14.3. The van der Waals surface area contributed by atoms with Crippen LogP contribution in [0.5, 0.6) is 5.75 Å². The van der Waals surface area contributed by atoms with Crippen molar-refractivity contribution >= 4 is 28.6 Å². The van der Waals surface area contributed by atoms with Crippen LogP contribution in [-0.2, 0) is 4.79 Å². The maximum absolute atomic E-state index is 11.2. The summed E-state index contributed by atoms with van der Waals surface area (Å²) >= 11 is 1.26. The van der Waals surface area contributed by atoms with Crippen LogP contribution in [0.15, 0.2) is 35.5 Å². The molecule has 0 saturated carbocycles. The quantitative estimate of drug-likeness (QED) is 0.681. The third-order valence-corrected chi connectivity index (χ3v) is 4.68. The Kier molecular flexibility index (Phi) is 4.89. The van der Waals surface area contributed by atoms with Crippen LogP contribution >= 0.6 is 11.8 Å². The van der Waals surface area contributed by atoms with Gasteiger partial charge in [0, 0.05) is 5.39 Å². The number of thioether (sulfide) groups is 1. The molecule has 3 rings (SSSR count). The molecule has 2 aromatic heterocycles. The number of nitrogens with zero attached hydrogens (tertiary/aromatic N) is 4. The first-order valence-corrected chi connectivity index (χ1v) is 8.80. The topological polar surface area (TPSA) is 95.9 Å². The Hall–Kier alpha value is -2.61. The summed E-state index contributed by atoms with van der Waals surface area (Å²) in [6.45, 7) is 4.11. The zero-order valence-corrected chi connectivity index (χ0v) is 15.1. The lowest BCUT2D eigenvalue weighted by Crippen LogP contribution is -2.13. The first-order chi connectivity index (χ1) is 12.0. The van der Waals surface area contributed by atoms with Crippen LogP contribution in [0.1, 0.15) is 25.5 Å². The number of fused-ring (bicyclic) bond motifs is 1. The molecule has 3 aromatic rings. The highest BCUT2D eigenvalue weighted by atomic mass is 32.2. The molecule has 2 heterocycles. The summed E-state index contributed by atoms with van der Waals surface area (Å²) in [5.74, 6) is 0.611. The third kappa shape index (κ3) is 3.30. The van der Waals surface area contributed by atoms with E-state index in [0.717, 1.165) is 22.3 Å². The zero-order chi connectivity index (χ0) is 18.0. The number of hydrogen-bond acceptors (Lipinski definition) is 6. The second-order valence-corrected chi connectivity index (χ2v) is 6.75. The van der Waals surface area contributed by atoms with Gasteiger partial charge in [0.2, 0.25) is 5.91 Å². The number of aromatic nitrogens is 4. The van der Waals surface area contributed by atoms with Crippen LogP contribution < -0.4 is 10.5 Å². The minimum Gasteiger partial charge on any atom is -0.494 e. The van der Waals surface area contributed by atoms with E-state index in [4.69, 9.17) is 10.5 Å². The number of carbonyl (C=O) groups excluding carboxylic acids is 1. The lowest BCUT2D eigenvalue weighted by molar-refractivity contribution is -0.115. The van der Waals surface area contributed by atoms with E-state index in [0.29, 0.717) is 10.8 Å². The predicted molar refractivity (Wildman–Crippen MR) is 97.2 cm³/mol. The number of nitrogens with two attached hydrogens (primary N) is 1. The SMILES string of the molecule is COc1ccccc1-n1ncc2c(C(C)C)nnc(SCC(N)=O)c21. The molecule has 0 aliphatic heterocycles. The number of carbonyl (C=O) groups is 1. The highest BCUT2D eigenvalue weighted by Crippen LogP contribution is 2.33. The molecule has 8 heteroatoms. The molecule has 1 aromatic carbocycles. The van der Waals surface area contributed by atoms with E-state index in [1.165, 1.54) is 11.8 Å². The summed E-state index contributed by atoms with van der Waals surface area (Å²) in [5, 5.41) is 14.7. The molecule has 0 aliphatic rings. The van der Waals surface area contributed by atoms with E-state index >= 15 is 0 Å². The van der Waals surface area contributed by atoms with E-state index in [1.54, 1.807) is 18.0 Å². The summed E-state index contributed by atoms with van der Waals surface area (Å²) in [6.07, 6.45) is 1.78. The van der Waals surface area contributed by atoms with E-state index in [9.17, 15) is 4.79 Å². The third-order valence-electron chi connectivity index (χ3n) is 3.71. The van der Waals surface area contributed by atoms with Crippen molar-refractivity contribution in [2.75, 3.05) is 12.9 Å². The number of rotatable bonds is 6. The molecule has 0 bridgehead atoms. The molecule has 130 valence electrons. The van der Waals surface area contributed by atoms with Crippen molar-refractivity contribution in [3.05, 3.63) is 36.2 Å². The average Bonchev–Trinajstić information content (AvgIpc) is 3.04. The molecule has 0 fully saturated rings. The Bertz CT molecular complexity index is 923. The Labute approximate surface area is 149 Å². The van der Waals surface area contributed by atoms with Gasteiger partial charge in [0.05, 0.1) is 24.8 Å². The summed E-state index contributed by atoms with van der Waals surface area (Å²) in [7, 11) is 1.62. The van der Waals surface area contributed by atoms with E-state index in [1.807, 2.05) is 24.3 Å². The molecule has 0 saturated heterocycles. The number of methoxy groups -OCH3 is 1. The van der Waals surface area contributed by atoms with Crippen molar-refractivity contribution in [1.82, 2.24) is 20.0 Å². The van der Waals surface area contributed by atoms with Gasteiger partial charge in [0.15, 0.2) is 0 Å². The minimum atomic E-state index is -0.406. The van der Waals surface area contributed by atoms with Crippen molar-refractivity contribution in [3.8, 4) is 11.4 Å². The van der Waals surface area contributed by atoms with Crippen LogP contribution in [0.4, 0.5) is 0 Å². The lowest BCUT2D eigenvalue weighted by atomic mass is 10.1. The lowest BCUT2D eigenvalue weighted by Gasteiger charge is -2.12. The Balaban J connectivity index is 2.25. The maximum Gasteiger partial charge on any atom is 0.227 e. The summed E-state index contributed by atoms with van der Waals surface area (Å²) < 4.78 is 7.23. The second-order valence-electron chi connectivity index (χ2n) is 5.79. The molecular weight excluding hydrogens is 338 g/mol. The van der Waals surface area contributed by atoms with Gasteiger partial charge < -0.3 is 10.5 Å². The van der Waals surface area contributed by atoms with Gasteiger partial charge in [-0.2, -0.15) is 10.2 Å². The smallest absolute Gasteiger partial charge is 0.227 e. The molecule has 2 N–H and O–H groups in total. The van der Waals surface area contributed by atoms with Crippen molar-refractivity contribution in [1.29, 1.82) is 0 Å². The van der Waals surface area contributed by atoms with Gasteiger partial charge in [-0.05, 0) is 18.1 Å². The molecule has 0 aliphatic carbocycles. The normalized spacial score (nSPS) is 11.2. The Morgan fingerprint density at radius 2 is 2.08 bits per heavy atom. The van der Waals surface area contributed by atoms with Gasteiger partial charge in [0.25, 0.3) is 0 Å². The fraction of sp³-hybridized carbons (Fsp3) is 0.294. The number of amides is 1. The molecule has 0 spiro atoms. The van der Waals surface area contributed by atoms with Gasteiger partial charge in [-0.15, -0.1) is 5.10 Å².